The first-order valence-electron chi connectivity index (χ1n) is 14.2. The smallest absolute Gasteiger partial charge is 0.253 e. The topological polar surface area (TPSA) is 80.8 Å². The molecule has 42 heavy (non-hydrogen) atoms. The summed E-state index contributed by atoms with van der Waals surface area (Å²) in [6, 6.07) is 19.3. The van der Waals surface area contributed by atoms with Gasteiger partial charge in [-0.1, -0.05) is 29.8 Å². The van der Waals surface area contributed by atoms with Gasteiger partial charge in [-0.3, -0.25) is 9.59 Å². The van der Waals surface area contributed by atoms with Crippen molar-refractivity contribution in [3.05, 3.63) is 77.4 Å². The minimum Gasteiger partial charge on any atom is -0.495 e. The highest BCUT2D eigenvalue weighted by Crippen LogP contribution is 2.44. The van der Waals surface area contributed by atoms with Crippen molar-refractivity contribution in [2.45, 2.75) is 12.8 Å². The van der Waals surface area contributed by atoms with Gasteiger partial charge < -0.3 is 33.6 Å². The summed E-state index contributed by atoms with van der Waals surface area (Å²) in [5, 5.41) is 0. The Hall–Kier alpha value is -4.40. The molecule has 0 radical (unpaired) electrons. The zero-order chi connectivity index (χ0) is 29.8. The van der Waals surface area contributed by atoms with Crippen LogP contribution < -0.4 is 23.8 Å². The van der Waals surface area contributed by atoms with Crippen LogP contribution in [0.25, 0.3) is 0 Å². The number of para-hydroxylation sites is 2. The largest absolute Gasteiger partial charge is 0.495 e. The molecule has 3 aromatic rings. The molecule has 2 heterocycles. The fourth-order valence-corrected chi connectivity index (χ4v) is 6.05. The van der Waals surface area contributed by atoms with Gasteiger partial charge >= 0.3 is 0 Å². The molecule has 0 saturated carbocycles. The first-order valence-corrected chi connectivity index (χ1v) is 14.2. The highest BCUT2D eigenvalue weighted by Gasteiger charge is 2.43. The van der Waals surface area contributed by atoms with Crippen molar-refractivity contribution >= 4 is 17.5 Å². The molecule has 0 bridgehead atoms. The lowest BCUT2D eigenvalue weighted by Crippen LogP contribution is -2.51. The second-order valence-electron chi connectivity index (χ2n) is 10.7. The molecule has 3 aromatic carbocycles. The molecule has 2 atom stereocenters. The number of ether oxygens (including phenoxy) is 4. The zero-order valence-corrected chi connectivity index (χ0v) is 25.0. The monoisotopic (exact) mass is 573 g/mol. The Balaban J connectivity index is 1.42. The van der Waals surface area contributed by atoms with E-state index >= 15 is 0 Å². The van der Waals surface area contributed by atoms with E-state index in [1.54, 1.807) is 33.3 Å². The predicted molar refractivity (Wildman–Crippen MR) is 161 cm³/mol. The van der Waals surface area contributed by atoms with Gasteiger partial charge in [0.05, 0.1) is 40.0 Å². The third-order valence-corrected chi connectivity index (χ3v) is 8.36. The van der Waals surface area contributed by atoms with Gasteiger partial charge in [-0.15, -0.1) is 0 Å². The standard InChI is InChI=1S/C33H39N3O6/c1-22-10-12-23(13-11-22)32(37)36-20-25(24-18-29(40-3)31(42-5)30(19-24)41-4)26(21-36)33(38)35-16-14-34(15-17-35)27-8-6-7-9-28(27)39-2/h6-13,18-19,25-26H,14-17,20-21H2,1-5H3/t25-,26+/m1/s1. The Morgan fingerprint density at radius 1 is 0.714 bits per heavy atom. The number of carbonyl (C=O) groups excluding carboxylic acids is 2. The van der Waals surface area contributed by atoms with Gasteiger partial charge in [0.1, 0.15) is 5.75 Å². The molecule has 0 N–H and O–H groups in total. The molecule has 9 heteroatoms. The molecular formula is C33H39N3O6. The number of likely N-dealkylation sites (tertiary alicyclic amines) is 1. The maximum absolute atomic E-state index is 14.2. The minimum absolute atomic E-state index is 0.0487. The average Bonchev–Trinajstić information content (AvgIpc) is 3.49. The number of piperazine rings is 1. The summed E-state index contributed by atoms with van der Waals surface area (Å²) in [7, 11) is 6.39. The SMILES string of the molecule is COc1ccccc1N1CCN(C(=O)[C@H]2CN(C(=O)c3ccc(C)cc3)C[C@@H]2c2cc(OC)c(OC)c(OC)c2)CC1. The van der Waals surface area contributed by atoms with Crippen LogP contribution in [0.3, 0.4) is 0 Å². The van der Waals surface area contributed by atoms with E-state index in [9.17, 15) is 9.59 Å². The summed E-state index contributed by atoms with van der Waals surface area (Å²) < 4.78 is 22.3. The zero-order valence-electron chi connectivity index (χ0n) is 25.0. The molecule has 0 unspecified atom stereocenters. The fourth-order valence-electron chi connectivity index (χ4n) is 6.05. The van der Waals surface area contributed by atoms with Crippen LogP contribution >= 0.6 is 0 Å². The summed E-state index contributed by atoms with van der Waals surface area (Å²) in [4.78, 5) is 33.8. The second-order valence-corrected chi connectivity index (χ2v) is 10.7. The lowest BCUT2D eigenvalue weighted by Gasteiger charge is -2.38. The van der Waals surface area contributed by atoms with Crippen LogP contribution in [-0.4, -0.2) is 89.3 Å². The van der Waals surface area contributed by atoms with Gasteiger partial charge in [0.15, 0.2) is 11.5 Å². The Morgan fingerprint density at radius 3 is 1.93 bits per heavy atom. The molecule has 0 spiro atoms. The van der Waals surface area contributed by atoms with Crippen molar-refractivity contribution in [2.24, 2.45) is 5.92 Å². The molecule has 0 aliphatic carbocycles. The van der Waals surface area contributed by atoms with Gasteiger partial charge in [-0.05, 0) is 48.9 Å². The van der Waals surface area contributed by atoms with Crippen LogP contribution in [0.5, 0.6) is 23.0 Å². The van der Waals surface area contributed by atoms with Gasteiger partial charge in [0, 0.05) is 50.7 Å². The average molecular weight is 574 g/mol. The number of methoxy groups -OCH3 is 4. The third-order valence-electron chi connectivity index (χ3n) is 8.36. The van der Waals surface area contributed by atoms with Crippen LogP contribution in [0.4, 0.5) is 5.69 Å². The third kappa shape index (κ3) is 5.68. The van der Waals surface area contributed by atoms with Crippen molar-refractivity contribution in [2.75, 3.05) is 72.6 Å². The van der Waals surface area contributed by atoms with E-state index in [0.29, 0.717) is 62.1 Å². The Labute approximate surface area is 247 Å². The van der Waals surface area contributed by atoms with Gasteiger partial charge in [0.2, 0.25) is 11.7 Å². The number of amides is 2. The van der Waals surface area contributed by atoms with Crippen LogP contribution in [0.2, 0.25) is 0 Å². The first-order chi connectivity index (χ1) is 20.4. The van der Waals surface area contributed by atoms with Gasteiger partial charge in [0.25, 0.3) is 5.91 Å². The van der Waals surface area contributed by atoms with E-state index in [0.717, 1.165) is 22.6 Å². The number of hydrogen-bond donors (Lipinski definition) is 0. The Morgan fingerprint density at radius 2 is 1.33 bits per heavy atom. The maximum atomic E-state index is 14.2. The summed E-state index contributed by atoms with van der Waals surface area (Å²) in [6.45, 7) is 5.29. The second kappa shape index (κ2) is 12.6. The highest BCUT2D eigenvalue weighted by molar-refractivity contribution is 5.95. The number of carbonyl (C=O) groups is 2. The summed E-state index contributed by atoms with van der Waals surface area (Å²) >= 11 is 0. The van der Waals surface area contributed by atoms with E-state index in [1.165, 1.54) is 0 Å². The van der Waals surface area contributed by atoms with E-state index in [-0.39, 0.29) is 17.7 Å². The quantitative estimate of drug-likeness (QED) is 0.399. The van der Waals surface area contributed by atoms with E-state index < -0.39 is 5.92 Å². The Bertz CT molecular complexity index is 1390. The van der Waals surface area contributed by atoms with Crippen molar-refractivity contribution in [3.8, 4) is 23.0 Å². The maximum Gasteiger partial charge on any atom is 0.253 e. The highest BCUT2D eigenvalue weighted by atomic mass is 16.5. The van der Waals surface area contributed by atoms with Crippen LogP contribution in [0.1, 0.15) is 27.4 Å². The number of hydrogen-bond acceptors (Lipinski definition) is 7. The number of aryl methyl sites for hydroxylation is 1. The molecule has 0 aromatic heterocycles. The molecule has 9 nitrogen and oxygen atoms in total. The molecule has 222 valence electrons. The lowest BCUT2D eigenvalue weighted by atomic mass is 9.87. The van der Waals surface area contributed by atoms with Gasteiger partial charge in [-0.2, -0.15) is 0 Å². The molecule has 2 aliphatic heterocycles. The van der Waals surface area contributed by atoms with Crippen molar-refractivity contribution in [3.63, 3.8) is 0 Å². The minimum atomic E-state index is -0.417. The van der Waals surface area contributed by atoms with Crippen LogP contribution in [-0.2, 0) is 4.79 Å². The first kappa shape index (κ1) is 29.1. The van der Waals surface area contributed by atoms with Crippen LogP contribution in [0, 0.1) is 12.8 Å². The van der Waals surface area contributed by atoms with E-state index in [2.05, 4.69) is 4.90 Å². The molecule has 2 aliphatic rings. The fraction of sp³-hybridized carbons (Fsp3) is 0.394. The van der Waals surface area contributed by atoms with Crippen LogP contribution in [0.15, 0.2) is 60.7 Å². The van der Waals surface area contributed by atoms with Gasteiger partial charge in [-0.25, -0.2) is 0 Å². The Kier molecular flexibility index (Phi) is 8.75. The summed E-state index contributed by atoms with van der Waals surface area (Å²) in [6.07, 6.45) is 0. The lowest BCUT2D eigenvalue weighted by molar-refractivity contribution is -0.135. The van der Waals surface area contributed by atoms with Crippen molar-refractivity contribution in [1.82, 2.24) is 9.80 Å². The summed E-state index contributed by atoms with van der Waals surface area (Å²) in [5.74, 6) is 1.66. The molecular weight excluding hydrogens is 534 g/mol. The molecule has 2 amide bonds. The predicted octanol–water partition coefficient (Wildman–Crippen LogP) is 4.23. The molecule has 2 saturated heterocycles. The molecule has 2 fully saturated rings. The normalized spacial score (nSPS) is 18.5. The van der Waals surface area contributed by atoms with Crippen molar-refractivity contribution < 1.29 is 28.5 Å². The van der Waals surface area contributed by atoms with E-state index in [4.69, 9.17) is 18.9 Å². The number of nitrogens with zero attached hydrogens (tertiary/aromatic N) is 3. The summed E-state index contributed by atoms with van der Waals surface area (Å²) in [5.41, 5.74) is 3.60. The number of anilines is 1. The number of rotatable bonds is 8. The van der Waals surface area contributed by atoms with Crippen molar-refractivity contribution in [1.29, 1.82) is 0 Å². The van der Waals surface area contributed by atoms with E-state index in [1.807, 2.05) is 72.5 Å². The molecule has 5 rings (SSSR count). The number of benzene rings is 3.